The second-order valence-electron chi connectivity index (χ2n) is 3.11. The maximum atomic E-state index is 11.6. The molecule has 0 aliphatic heterocycles. The molecule has 0 saturated heterocycles. The molecule has 0 unspecified atom stereocenters. The molecule has 0 spiro atoms. The molecule has 0 aliphatic rings. The topological polar surface area (TPSA) is 86.6 Å². The Kier molecular flexibility index (Phi) is 4.20. The number of likely N-dealkylation sites (N-methyl/N-ethyl adjacent to an activating group) is 1. The summed E-state index contributed by atoms with van der Waals surface area (Å²) < 4.78 is 0. The summed E-state index contributed by atoms with van der Waals surface area (Å²) in [5, 5.41) is 20.2. The van der Waals surface area contributed by atoms with Crippen molar-refractivity contribution in [3.63, 3.8) is 0 Å². The first-order valence-corrected chi connectivity index (χ1v) is 5.38. The SMILES string of the molecule is CCNC(=O)C(=O)c1cc(Cl)c(O)c(O)c1Cl. The highest BCUT2D eigenvalue weighted by molar-refractivity contribution is 6.48. The number of hydrogen-bond donors (Lipinski definition) is 3. The summed E-state index contributed by atoms with van der Waals surface area (Å²) >= 11 is 11.2. The third-order valence-corrected chi connectivity index (χ3v) is 2.62. The van der Waals surface area contributed by atoms with Crippen molar-refractivity contribution in [3.05, 3.63) is 21.7 Å². The third-order valence-electron chi connectivity index (χ3n) is 1.95. The molecule has 0 fully saturated rings. The van der Waals surface area contributed by atoms with Gasteiger partial charge >= 0.3 is 0 Å². The van der Waals surface area contributed by atoms with Gasteiger partial charge < -0.3 is 15.5 Å². The number of hydrogen-bond acceptors (Lipinski definition) is 4. The van der Waals surface area contributed by atoms with E-state index in [4.69, 9.17) is 23.2 Å². The van der Waals surface area contributed by atoms with Gasteiger partial charge in [0.25, 0.3) is 11.7 Å². The predicted octanol–water partition coefficient (Wildman–Crippen LogP) is 1.72. The van der Waals surface area contributed by atoms with Crippen LogP contribution in [0.5, 0.6) is 11.5 Å². The molecule has 0 aliphatic carbocycles. The molecule has 1 aromatic rings. The summed E-state index contributed by atoms with van der Waals surface area (Å²) in [4.78, 5) is 22.9. The molecule has 1 aromatic carbocycles. The number of phenolic OH excluding ortho intramolecular Hbond substituents is 2. The number of phenols is 2. The number of ketones is 1. The van der Waals surface area contributed by atoms with E-state index in [-0.39, 0.29) is 17.1 Å². The monoisotopic (exact) mass is 277 g/mol. The van der Waals surface area contributed by atoms with Crippen LogP contribution in [0.1, 0.15) is 17.3 Å². The molecule has 5 nitrogen and oxygen atoms in total. The molecular weight excluding hydrogens is 269 g/mol. The van der Waals surface area contributed by atoms with Crippen molar-refractivity contribution in [3.8, 4) is 11.5 Å². The Morgan fingerprint density at radius 2 is 1.88 bits per heavy atom. The Labute approximate surface area is 107 Å². The van der Waals surface area contributed by atoms with Crippen LogP contribution >= 0.6 is 23.2 Å². The fourth-order valence-corrected chi connectivity index (χ4v) is 1.56. The maximum absolute atomic E-state index is 11.6. The van der Waals surface area contributed by atoms with E-state index in [1.54, 1.807) is 6.92 Å². The molecule has 0 saturated carbocycles. The lowest BCUT2D eigenvalue weighted by molar-refractivity contribution is -0.116. The summed E-state index contributed by atoms with van der Waals surface area (Å²) in [6.07, 6.45) is 0. The normalized spacial score (nSPS) is 10.1. The fraction of sp³-hybridized carbons (Fsp3) is 0.200. The van der Waals surface area contributed by atoms with E-state index >= 15 is 0 Å². The van der Waals surface area contributed by atoms with Crippen molar-refractivity contribution in [2.24, 2.45) is 0 Å². The molecule has 0 bridgehead atoms. The molecular formula is C10H9Cl2NO4. The molecule has 0 atom stereocenters. The highest BCUT2D eigenvalue weighted by atomic mass is 35.5. The molecule has 1 amide bonds. The van der Waals surface area contributed by atoms with E-state index in [1.165, 1.54) is 0 Å². The molecule has 3 N–H and O–H groups in total. The zero-order valence-corrected chi connectivity index (χ0v) is 10.3. The summed E-state index contributed by atoms with van der Waals surface area (Å²) in [7, 11) is 0. The van der Waals surface area contributed by atoms with E-state index in [2.05, 4.69) is 5.32 Å². The van der Waals surface area contributed by atoms with Crippen LogP contribution in [0, 0.1) is 0 Å². The van der Waals surface area contributed by atoms with Gasteiger partial charge in [0.05, 0.1) is 15.6 Å². The predicted molar refractivity (Wildman–Crippen MR) is 62.8 cm³/mol. The average Bonchev–Trinajstić information content (AvgIpc) is 2.30. The van der Waals surface area contributed by atoms with E-state index in [0.717, 1.165) is 6.07 Å². The molecule has 0 radical (unpaired) electrons. The smallest absolute Gasteiger partial charge is 0.292 e. The minimum atomic E-state index is -0.936. The summed E-state index contributed by atoms with van der Waals surface area (Å²) in [5.41, 5.74) is -0.266. The van der Waals surface area contributed by atoms with Crippen molar-refractivity contribution in [1.29, 1.82) is 0 Å². The van der Waals surface area contributed by atoms with Crippen LogP contribution in [0.15, 0.2) is 6.07 Å². The van der Waals surface area contributed by atoms with Gasteiger partial charge in [-0.05, 0) is 13.0 Å². The van der Waals surface area contributed by atoms with Crippen LogP contribution in [0.4, 0.5) is 0 Å². The van der Waals surface area contributed by atoms with E-state index in [9.17, 15) is 19.8 Å². The molecule has 1 rings (SSSR count). The maximum Gasteiger partial charge on any atom is 0.292 e. The zero-order valence-electron chi connectivity index (χ0n) is 8.75. The molecule has 92 valence electrons. The Hall–Kier alpha value is -1.46. The van der Waals surface area contributed by atoms with Crippen LogP contribution in [-0.2, 0) is 4.79 Å². The van der Waals surface area contributed by atoms with Gasteiger partial charge in [0, 0.05) is 6.54 Å². The number of amides is 1. The van der Waals surface area contributed by atoms with Gasteiger partial charge in [-0.15, -0.1) is 0 Å². The quantitative estimate of drug-likeness (QED) is 0.446. The highest BCUT2D eigenvalue weighted by Crippen LogP contribution is 2.41. The zero-order chi connectivity index (χ0) is 13.2. The number of aromatic hydroxyl groups is 2. The lowest BCUT2D eigenvalue weighted by Gasteiger charge is -2.08. The molecule has 0 aromatic heterocycles. The van der Waals surface area contributed by atoms with E-state index in [0.29, 0.717) is 0 Å². The van der Waals surface area contributed by atoms with Gasteiger partial charge in [-0.2, -0.15) is 0 Å². The number of nitrogens with one attached hydrogen (secondary N) is 1. The van der Waals surface area contributed by atoms with Crippen LogP contribution in [-0.4, -0.2) is 28.4 Å². The number of carbonyl (C=O) groups is 2. The summed E-state index contributed by atoms with van der Waals surface area (Å²) in [6, 6.07) is 1.02. The largest absolute Gasteiger partial charge is 0.503 e. The van der Waals surface area contributed by atoms with Crippen molar-refractivity contribution in [2.45, 2.75) is 6.92 Å². The van der Waals surface area contributed by atoms with E-state index < -0.39 is 28.2 Å². The summed E-state index contributed by atoms with van der Waals surface area (Å²) in [5.74, 6) is -3.17. The number of benzene rings is 1. The van der Waals surface area contributed by atoms with Gasteiger partial charge in [-0.1, -0.05) is 23.2 Å². The molecule has 17 heavy (non-hydrogen) atoms. The Bertz CT molecular complexity index is 488. The second-order valence-corrected chi connectivity index (χ2v) is 3.89. The second kappa shape index (κ2) is 5.25. The number of rotatable bonds is 3. The number of Topliss-reactive ketones (excluding diaryl/α,β-unsaturated/α-hetero) is 1. The van der Waals surface area contributed by atoms with E-state index in [1.807, 2.05) is 0 Å². The Balaban J connectivity index is 3.24. The van der Waals surface area contributed by atoms with Gasteiger partial charge in [-0.25, -0.2) is 0 Å². The van der Waals surface area contributed by atoms with Crippen LogP contribution < -0.4 is 5.32 Å². The summed E-state index contributed by atoms with van der Waals surface area (Å²) in [6.45, 7) is 1.92. The van der Waals surface area contributed by atoms with Crippen LogP contribution in [0.25, 0.3) is 0 Å². The number of halogens is 2. The van der Waals surface area contributed by atoms with Crippen molar-refractivity contribution in [2.75, 3.05) is 6.54 Å². The fourth-order valence-electron chi connectivity index (χ4n) is 1.13. The molecule has 0 heterocycles. The molecule has 7 heteroatoms. The number of carbonyl (C=O) groups excluding carboxylic acids is 2. The highest BCUT2D eigenvalue weighted by Gasteiger charge is 2.23. The van der Waals surface area contributed by atoms with Crippen LogP contribution in [0.3, 0.4) is 0 Å². The lowest BCUT2D eigenvalue weighted by Crippen LogP contribution is -2.30. The van der Waals surface area contributed by atoms with Crippen molar-refractivity contribution >= 4 is 34.9 Å². The van der Waals surface area contributed by atoms with Gasteiger partial charge in [-0.3, -0.25) is 9.59 Å². The Morgan fingerprint density at radius 1 is 1.29 bits per heavy atom. The van der Waals surface area contributed by atoms with Crippen molar-refractivity contribution < 1.29 is 19.8 Å². The first kappa shape index (κ1) is 13.6. The standard InChI is InChI=1S/C10H9Cl2NO4/c1-2-13-10(17)7(14)4-3-5(11)8(15)9(16)6(4)12/h3,15-16H,2H2,1H3,(H,13,17). The van der Waals surface area contributed by atoms with Gasteiger partial charge in [0.2, 0.25) is 0 Å². The lowest BCUT2D eigenvalue weighted by atomic mass is 10.1. The third kappa shape index (κ3) is 2.62. The van der Waals surface area contributed by atoms with Gasteiger partial charge in [0.15, 0.2) is 11.5 Å². The minimum absolute atomic E-state index is 0.264. The average molecular weight is 278 g/mol. The Morgan fingerprint density at radius 3 is 2.41 bits per heavy atom. The van der Waals surface area contributed by atoms with Gasteiger partial charge in [0.1, 0.15) is 0 Å². The first-order valence-electron chi connectivity index (χ1n) is 4.62. The van der Waals surface area contributed by atoms with Crippen molar-refractivity contribution in [1.82, 2.24) is 5.32 Å². The van der Waals surface area contributed by atoms with Crippen LogP contribution in [0.2, 0.25) is 10.0 Å². The minimum Gasteiger partial charge on any atom is -0.503 e. The first-order chi connectivity index (χ1) is 7.90.